The molecule has 0 amide bonds. The molecule has 0 aliphatic carbocycles. The van der Waals surface area contributed by atoms with E-state index in [1.165, 1.54) is 5.56 Å². The molecule has 0 atom stereocenters. The molecule has 0 aliphatic rings. The third kappa shape index (κ3) is 2.82. The Morgan fingerprint density at radius 3 is 2.65 bits per heavy atom. The van der Waals surface area contributed by atoms with Crippen molar-refractivity contribution < 1.29 is 9.47 Å². The van der Waals surface area contributed by atoms with E-state index in [9.17, 15) is 0 Å². The Hall–Kier alpha value is -1.49. The average molecular weight is 339 g/mol. The zero-order chi connectivity index (χ0) is 14.7. The van der Waals surface area contributed by atoms with Gasteiger partial charge in [0.05, 0.1) is 12.8 Å². The maximum absolute atomic E-state index is 6.02. The predicted octanol–water partition coefficient (Wildman–Crippen LogP) is 3.99. The van der Waals surface area contributed by atoms with Crippen LogP contribution in [0.5, 0.6) is 17.4 Å². The third-order valence-corrected chi connectivity index (χ3v) is 3.83. The Kier molecular flexibility index (Phi) is 4.70. The molecule has 5 heteroatoms. The van der Waals surface area contributed by atoms with Crippen molar-refractivity contribution >= 4 is 15.9 Å². The largest absolute Gasteiger partial charge is 0.493 e. The Labute approximate surface area is 127 Å². The molecule has 0 spiro atoms. The summed E-state index contributed by atoms with van der Waals surface area (Å²) >= 11 is 3.48. The molecule has 0 N–H and O–H groups in total. The molecule has 0 aliphatic heterocycles. The van der Waals surface area contributed by atoms with Crippen LogP contribution in [0.15, 0.2) is 18.2 Å². The van der Waals surface area contributed by atoms with Gasteiger partial charge in [-0.2, -0.15) is 5.10 Å². The molecular weight excluding hydrogens is 320 g/mol. The van der Waals surface area contributed by atoms with E-state index < -0.39 is 0 Å². The Morgan fingerprint density at radius 2 is 2.05 bits per heavy atom. The molecule has 20 heavy (non-hydrogen) atoms. The lowest BCUT2D eigenvalue weighted by Gasteiger charge is -2.12. The first-order valence-corrected chi connectivity index (χ1v) is 7.66. The highest BCUT2D eigenvalue weighted by atomic mass is 79.9. The Morgan fingerprint density at radius 1 is 1.30 bits per heavy atom. The zero-order valence-electron chi connectivity index (χ0n) is 12.2. The fourth-order valence-electron chi connectivity index (χ4n) is 2.08. The van der Waals surface area contributed by atoms with Gasteiger partial charge < -0.3 is 9.47 Å². The second-order valence-corrected chi connectivity index (χ2v) is 5.13. The number of halogens is 1. The number of alkyl halides is 1. The molecule has 1 aromatic carbocycles. The lowest BCUT2D eigenvalue weighted by molar-refractivity contribution is 0.364. The van der Waals surface area contributed by atoms with Gasteiger partial charge in [-0.1, -0.05) is 28.9 Å². The van der Waals surface area contributed by atoms with Gasteiger partial charge in [0.2, 0.25) is 5.88 Å². The quantitative estimate of drug-likeness (QED) is 0.773. The van der Waals surface area contributed by atoms with Gasteiger partial charge in [0.1, 0.15) is 0 Å². The monoisotopic (exact) mass is 338 g/mol. The molecule has 2 aromatic rings. The van der Waals surface area contributed by atoms with E-state index in [1.54, 1.807) is 11.8 Å². The highest BCUT2D eigenvalue weighted by molar-refractivity contribution is 9.08. The molecule has 1 aromatic heterocycles. The fraction of sp³-hybridized carbons (Fsp3) is 0.400. The van der Waals surface area contributed by atoms with E-state index in [4.69, 9.17) is 9.47 Å². The molecule has 0 unspecified atom stereocenters. The van der Waals surface area contributed by atoms with Gasteiger partial charge in [0.25, 0.3) is 0 Å². The van der Waals surface area contributed by atoms with E-state index in [0.29, 0.717) is 11.1 Å². The number of benzene rings is 1. The van der Waals surface area contributed by atoms with Crippen molar-refractivity contribution in [2.24, 2.45) is 7.05 Å². The first-order valence-electron chi connectivity index (χ1n) is 6.53. The minimum atomic E-state index is 0.704. The number of hydrogen-bond donors (Lipinski definition) is 0. The maximum atomic E-state index is 6.02. The number of aryl methyl sites for hydroxylation is 3. The van der Waals surface area contributed by atoms with Crippen molar-refractivity contribution in [3.63, 3.8) is 0 Å². The Bertz CT molecular complexity index is 608. The van der Waals surface area contributed by atoms with Gasteiger partial charge in [-0.15, -0.1) is 0 Å². The summed E-state index contributed by atoms with van der Waals surface area (Å²) in [5, 5.41) is 5.09. The fourth-order valence-corrected chi connectivity index (χ4v) is 2.73. The van der Waals surface area contributed by atoms with Crippen LogP contribution in [0.1, 0.15) is 23.7 Å². The van der Waals surface area contributed by atoms with E-state index in [1.807, 2.05) is 26.1 Å². The molecule has 0 radical (unpaired) electrons. The average Bonchev–Trinajstić information content (AvgIpc) is 2.73. The van der Waals surface area contributed by atoms with Gasteiger partial charge in [-0.3, -0.25) is 0 Å². The van der Waals surface area contributed by atoms with Crippen molar-refractivity contribution in [1.82, 2.24) is 9.78 Å². The molecule has 0 saturated carbocycles. The van der Waals surface area contributed by atoms with E-state index in [2.05, 4.69) is 34.0 Å². The van der Waals surface area contributed by atoms with Crippen LogP contribution in [-0.4, -0.2) is 16.9 Å². The summed E-state index contributed by atoms with van der Waals surface area (Å²) in [6, 6.07) is 6.00. The molecule has 0 saturated heterocycles. The van der Waals surface area contributed by atoms with Crippen molar-refractivity contribution in [3.05, 3.63) is 35.0 Å². The zero-order valence-corrected chi connectivity index (χ0v) is 13.8. The summed E-state index contributed by atoms with van der Waals surface area (Å²) < 4.78 is 13.2. The predicted molar refractivity (Wildman–Crippen MR) is 83.0 cm³/mol. The van der Waals surface area contributed by atoms with Crippen LogP contribution < -0.4 is 9.47 Å². The maximum Gasteiger partial charge on any atom is 0.222 e. The topological polar surface area (TPSA) is 36.3 Å². The number of ether oxygens (including phenoxy) is 2. The van der Waals surface area contributed by atoms with Crippen LogP contribution in [0.2, 0.25) is 0 Å². The van der Waals surface area contributed by atoms with Crippen LogP contribution in [-0.2, 0) is 18.8 Å². The molecule has 0 fully saturated rings. The van der Waals surface area contributed by atoms with Crippen molar-refractivity contribution in [2.45, 2.75) is 25.6 Å². The molecule has 4 nitrogen and oxygen atoms in total. The number of methoxy groups -OCH3 is 1. The molecule has 0 bridgehead atoms. The van der Waals surface area contributed by atoms with E-state index >= 15 is 0 Å². The van der Waals surface area contributed by atoms with Gasteiger partial charge in [-0.05, 0) is 31.0 Å². The molecule has 108 valence electrons. The summed E-state index contributed by atoms with van der Waals surface area (Å²) in [4.78, 5) is 0. The van der Waals surface area contributed by atoms with Gasteiger partial charge in [0, 0.05) is 17.9 Å². The van der Waals surface area contributed by atoms with E-state index in [-0.39, 0.29) is 0 Å². The SMILES string of the molecule is CCc1ccc(Oc2c(CBr)c(C)nn2C)c(OC)c1. The first-order chi connectivity index (χ1) is 9.60. The second kappa shape index (κ2) is 6.31. The number of aromatic nitrogens is 2. The highest BCUT2D eigenvalue weighted by Gasteiger charge is 2.16. The van der Waals surface area contributed by atoms with Crippen LogP contribution in [0.25, 0.3) is 0 Å². The lowest BCUT2D eigenvalue weighted by atomic mass is 10.1. The second-order valence-electron chi connectivity index (χ2n) is 4.57. The van der Waals surface area contributed by atoms with Crippen LogP contribution in [0, 0.1) is 6.92 Å². The molecular formula is C15H19BrN2O2. The van der Waals surface area contributed by atoms with Gasteiger partial charge in [0.15, 0.2) is 11.5 Å². The summed E-state index contributed by atoms with van der Waals surface area (Å²) in [7, 11) is 3.53. The molecule has 1 heterocycles. The summed E-state index contributed by atoms with van der Waals surface area (Å²) in [5.74, 6) is 2.18. The van der Waals surface area contributed by atoms with E-state index in [0.717, 1.165) is 29.3 Å². The van der Waals surface area contributed by atoms with Crippen LogP contribution in [0.4, 0.5) is 0 Å². The Balaban J connectivity index is 2.39. The highest BCUT2D eigenvalue weighted by Crippen LogP contribution is 2.35. The van der Waals surface area contributed by atoms with Crippen molar-refractivity contribution in [2.75, 3.05) is 7.11 Å². The normalized spacial score (nSPS) is 10.7. The third-order valence-electron chi connectivity index (χ3n) is 3.27. The van der Waals surface area contributed by atoms with Gasteiger partial charge >= 0.3 is 0 Å². The van der Waals surface area contributed by atoms with Crippen molar-refractivity contribution in [1.29, 1.82) is 0 Å². The minimum Gasteiger partial charge on any atom is -0.493 e. The number of nitrogens with zero attached hydrogens (tertiary/aromatic N) is 2. The smallest absolute Gasteiger partial charge is 0.222 e. The lowest BCUT2D eigenvalue weighted by Crippen LogP contribution is -1.98. The van der Waals surface area contributed by atoms with Crippen LogP contribution >= 0.6 is 15.9 Å². The summed E-state index contributed by atoms with van der Waals surface area (Å²) in [6.07, 6.45) is 0.966. The number of rotatable bonds is 5. The van der Waals surface area contributed by atoms with Crippen LogP contribution in [0.3, 0.4) is 0 Å². The summed E-state index contributed by atoms with van der Waals surface area (Å²) in [6.45, 7) is 4.09. The first kappa shape index (κ1) is 14.9. The standard InChI is InChI=1S/C15H19BrN2O2/c1-5-11-6-7-13(14(8-11)19-4)20-15-12(9-16)10(2)17-18(15)3/h6-8H,5,9H2,1-4H3. The minimum absolute atomic E-state index is 0.704. The van der Waals surface area contributed by atoms with Gasteiger partial charge in [-0.25, -0.2) is 4.68 Å². The number of hydrogen-bond acceptors (Lipinski definition) is 3. The molecule has 2 rings (SSSR count). The van der Waals surface area contributed by atoms with Crippen molar-refractivity contribution in [3.8, 4) is 17.4 Å². The summed E-state index contributed by atoms with van der Waals surface area (Å²) in [5.41, 5.74) is 3.23.